The first-order valence-electron chi connectivity index (χ1n) is 5.96. The third-order valence-corrected chi connectivity index (χ3v) is 3.79. The zero-order valence-corrected chi connectivity index (χ0v) is 9.13. The molecule has 2 aliphatic rings. The van der Waals surface area contributed by atoms with Crippen molar-refractivity contribution in [2.45, 2.75) is 39.5 Å². The van der Waals surface area contributed by atoms with Gasteiger partial charge < -0.3 is 4.90 Å². The monoisotopic (exact) mass is 181 g/mol. The van der Waals surface area contributed by atoms with E-state index in [1.54, 1.807) is 0 Å². The van der Waals surface area contributed by atoms with Crippen molar-refractivity contribution in [3.05, 3.63) is 0 Å². The summed E-state index contributed by atoms with van der Waals surface area (Å²) in [5.74, 6) is 3.01. The maximum absolute atomic E-state index is 2.64. The molecule has 0 aromatic carbocycles. The molecule has 0 radical (unpaired) electrons. The van der Waals surface area contributed by atoms with Crippen LogP contribution in [0.2, 0.25) is 0 Å². The van der Waals surface area contributed by atoms with E-state index in [1.807, 2.05) is 0 Å². The Labute approximate surface area is 82.5 Å². The van der Waals surface area contributed by atoms with E-state index in [-0.39, 0.29) is 0 Å². The summed E-state index contributed by atoms with van der Waals surface area (Å²) in [6.45, 7) is 8.90. The molecule has 1 aliphatic carbocycles. The van der Waals surface area contributed by atoms with Gasteiger partial charge in [-0.05, 0) is 30.6 Å². The van der Waals surface area contributed by atoms with Crippen LogP contribution in [0.4, 0.5) is 0 Å². The maximum Gasteiger partial charge on any atom is 0.00195 e. The SMILES string of the molecule is CC1CCC(CN2CC(C)C2)CC1. The molecule has 13 heavy (non-hydrogen) atoms. The Kier molecular flexibility index (Phi) is 2.92. The molecule has 0 atom stereocenters. The number of likely N-dealkylation sites (tertiary alicyclic amines) is 1. The largest absolute Gasteiger partial charge is 0.302 e. The second-order valence-electron chi connectivity index (χ2n) is 5.45. The standard InChI is InChI=1S/C12H23N/c1-10-3-5-12(6-4-10)9-13-7-11(2)8-13/h10-12H,3-9H2,1-2H3. The Balaban J connectivity index is 1.65. The van der Waals surface area contributed by atoms with Crippen LogP contribution in [0.25, 0.3) is 0 Å². The van der Waals surface area contributed by atoms with E-state index in [1.165, 1.54) is 45.3 Å². The molecule has 0 aromatic rings. The molecule has 0 N–H and O–H groups in total. The molecule has 1 aliphatic heterocycles. The van der Waals surface area contributed by atoms with E-state index in [4.69, 9.17) is 0 Å². The van der Waals surface area contributed by atoms with Crippen molar-refractivity contribution in [1.29, 1.82) is 0 Å². The second kappa shape index (κ2) is 4.00. The number of hydrogen-bond donors (Lipinski definition) is 0. The van der Waals surface area contributed by atoms with Gasteiger partial charge in [0, 0.05) is 19.6 Å². The Morgan fingerprint density at radius 3 is 2.08 bits per heavy atom. The zero-order chi connectivity index (χ0) is 9.26. The van der Waals surface area contributed by atoms with Crippen LogP contribution in [0.1, 0.15) is 39.5 Å². The Morgan fingerprint density at radius 1 is 0.923 bits per heavy atom. The van der Waals surface area contributed by atoms with Crippen LogP contribution in [0.5, 0.6) is 0 Å². The molecule has 2 fully saturated rings. The third kappa shape index (κ3) is 2.46. The lowest BCUT2D eigenvalue weighted by Gasteiger charge is -2.40. The molecule has 1 saturated carbocycles. The fourth-order valence-electron chi connectivity index (χ4n) is 2.85. The quantitative estimate of drug-likeness (QED) is 0.633. The Hall–Kier alpha value is -0.0400. The van der Waals surface area contributed by atoms with Gasteiger partial charge in [-0.1, -0.05) is 26.7 Å². The van der Waals surface area contributed by atoms with E-state index >= 15 is 0 Å². The molecule has 2 rings (SSSR count). The molecule has 0 aromatic heterocycles. The lowest BCUT2D eigenvalue weighted by Crippen LogP contribution is -2.47. The lowest BCUT2D eigenvalue weighted by molar-refractivity contribution is 0.0790. The highest BCUT2D eigenvalue weighted by atomic mass is 15.2. The summed E-state index contributed by atoms with van der Waals surface area (Å²) in [6.07, 6.45) is 5.94. The van der Waals surface area contributed by atoms with Crippen LogP contribution in [-0.4, -0.2) is 24.5 Å². The van der Waals surface area contributed by atoms with E-state index in [2.05, 4.69) is 18.7 Å². The Morgan fingerprint density at radius 2 is 1.54 bits per heavy atom. The Bertz CT molecular complexity index is 153. The predicted molar refractivity (Wildman–Crippen MR) is 56.7 cm³/mol. The van der Waals surface area contributed by atoms with Crippen molar-refractivity contribution >= 4 is 0 Å². The summed E-state index contributed by atoms with van der Waals surface area (Å²) < 4.78 is 0. The van der Waals surface area contributed by atoms with Crippen LogP contribution in [0, 0.1) is 17.8 Å². The van der Waals surface area contributed by atoms with E-state index < -0.39 is 0 Å². The van der Waals surface area contributed by atoms with Gasteiger partial charge in [-0.25, -0.2) is 0 Å². The first-order valence-corrected chi connectivity index (χ1v) is 5.96. The van der Waals surface area contributed by atoms with Crippen molar-refractivity contribution in [3.63, 3.8) is 0 Å². The fourth-order valence-corrected chi connectivity index (χ4v) is 2.85. The van der Waals surface area contributed by atoms with Gasteiger partial charge in [0.2, 0.25) is 0 Å². The predicted octanol–water partition coefficient (Wildman–Crippen LogP) is 2.76. The molecule has 1 heterocycles. The van der Waals surface area contributed by atoms with Gasteiger partial charge in [0.05, 0.1) is 0 Å². The van der Waals surface area contributed by atoms with Gasteiger partial charge in [0.1, 0.15) is 0 Å². The van der Waals surface area contributed by atoms with Crippen molar-refractivity contribution in [1.82, 2.24) is 4.90 Å². The maximum atomic E-state index is 2.64. The number of nitrogens with zero attached hydrogens (tertiary/aromatic N) is 1. The summed E-state index contributed by atoms with van der Waals surface area (Å²) >= 11 is 0. The van der Waals surface area contributed by atoms with Gasteiger partial charge in [-0.2, -0.15) is 0 Å². The van der Waals surface area contributed by atoms with Crippen LogP contribution in [0.15, 0.2) is 0 Å². The second-order valence-corrected chi connectivity index (χ2v) is 5.45. The van der Waals surface area contributed by atoms with Gasteiger partial charge in [0.25, 0.3) is 0 Å². The van der Waals surface area contributed by atoms with Crippen molar-refractivity contribution in [2.24, 2.45) is 17.8 Å². The summed E-state index contributed by atoms with van der Waals surface area (Å²) in [5.41, 5.74) is 0. The third-order valence-electron chi connectivity index (χ3n) is 3.79. The van der Waals surface area contributed by atoms with Crippen molar-refractivity contribution in [2.75, 3.05) is 19.6 Å². The average Bonchev–Trinajstić information content (AvgIpc) is 2.06. The van der Waals surface area contributed by atoms with Gasteiger partial charge in [-0.15, -0.1) is 0 Å². The summed E-state index contributed by atoms with van der Waals surface area (Å²) in [7, 11) is 0. The van der Waals surface area contributed by atoms with Crippen LogP contribution < -0.4 is 0 Å². The fraction of sp³-hybridized carbons (Fsp3) is 1.00. The minimum atomic E-state index is 0.975. The topological polar surface area (TPSA) is 3.24 Å². The highest BCUT2D eigenvalue weighted by Crippen LogP contribution is 2.30. The molecular weight excluding hydrogens is 158 g/mol. The van der Waals surface area contributed by atoms with E-state index in [9.17, 15) is 0 Å². The molecule has 0 bridgehead atoms. The summed E-state index contributed by atoms with van der Waals surface area (Å²) in [6, 6.07) is 0. The number of hydrogen-bond acceptors (Lipinski definition) is 1. The molecular formula is C12H23N. The van der Waals surface area contributed by atoms with Crippen LogP contribution in [0.3, 0.4) is 0 Å². The molecule has 1 saturated heterocycles. The molecule has 76 valence electrons. The van der Waals surface area contributed by atoms with Crippen LogP contribution >= 0.6 is 0 Å². The highest BCUT2D eigenvalue weighted by Gasteiger charge is 2.26. The summed E-state index contributed by atoms with van der Waals surface area (Å²) in [5, 5.41) is 0. The van der Waals surface area contributed by atoms with Gasteiger partial charge in [0.15, 0.2) is 0 Å². The first kappa shape index (κ1) is 9.51. The molecule has 1 heteroatoms. The van der Waals surface area contributed by atoms with E-state index in [0.717, 1.165) is 17.8 Å². The smallest absolute Gasteiger partial charge is 0.00195 e. The molecule has 0 amide bonds. The normalized spacial score (nSPS) is 37.4. The lowest BCUT2D eigenvalue weighted by atomic mass is 9.82. The van der Waals surface area contributed by atoms with Crippen molar-refractivity contribution in [3.8, 4) is 0 Å². The molecule has 0 unspecified atom stereocenters. The highest BCUT2D eigenvalue weighted by molar-refractivity contribution is 4.80. The minimum Gasteiger partial charge on any atom is -0.302 e. The number of rotatable bonds is 2. The van der Waals surface area contributed by atoms with Crippen molar-refractivity contribution < 1.29 is 0 Å². The van der Waals surface area contributed by atoms with Gasteiger partial charge in [-0.3, -0.25) is 0 Å². The van der Waals surface area contributed by atoms with Crippen LogP contribution in [-0.2, 0) is 0 Å². The first-order chi connectivity index (χ1) is 6.24. The minimum absolute atomic E-state index is 0.975. The average molecular weight is 181 g/mol. The van der Waals surface area contributed by atoms with E-state index in [0.29, 0.717) is 0 Å². The summed E-state index contributed by atoms with van der Waals surface area (Å²) in [4.78, 5) is 2.64. The zero-order valence-electron chi connectivity index (χ0n) is 9.13. The molecule has 1 nitrogen and oxygen atoms in total. The molecule has 0 spiro atoms. The van der Waals surface area contributed by atoms with Gasteiger partial charge >= 0.3 is 0 Å².